The Morgan fingerprint density at radius 3 is 2.87 bits per heavy atom. The number of carbonyl (C=O) groups is 2. The fourth-order valence-corrected chi connectivity index (χ4v) is 2.40. The van der Waals surface area contributed by atoms with Crippen molar-refractivity contribution >= 4 is 17.6 Å². The summed E-state index contributed by atoms with van der Waals surface area (Å²) in [4.78, 5) is 23.3. The summed E-state index contributed by atoms with van der Waals surface area (Å²) in [5.74, 6) is -1.55. The van der Waals surface area contributed by atoms with Crippen LogP contribution < -0.4 is 10.6 Å². The van der Waals surface area contributed by atoms with Crippen LogP contribution in [0.3, 0.4) is 0 Å². The summed E-state index contributed by atoms with van der Waals surface area (Å²) in [6.07, 6.45) is 1.64. The first-order valence-corrected chi connectivity index (χ1v) is 7.47. The molecule has 3 N–H and O–H groups in total. The molecule has 0 spiro atoms. The molecule has 1 aliphatic heterocycles. The monoisotopic (exact) mass is 317 g/mol. The highest BCUT2D eigenvalue weighted by atomic mass is 16.5. The topological polar surface area (TPSA) is 111 Å². The second-order valence-corrected chi connectivity index (χ2v) is 5.34. The number of nitrogens with zero attached hydrogens (tertiary/aromatic N) is 1. The van der Waals surface area contributed by atoms with Gasteiger partial charge in [-0.2, -0.15) is 5.26 Å². The predicted octanol–water partition coefficient (Wildman–Crippen LogP) is 1.11. The highest BCUT2D eigenvalue weighted by molar-refractivity contribution is 5.95. The minimum Gasteiger partial charge on any atom is -0.480 e. The number of rotatable bonds is 7. The van der Waals surface area contributed by atoms with E-state index in [1.54, 1.807) is 24.3 Å². The molecule has 2 rings (SSSR count). The second kappa shape index (κ2) is 8.27. The fourth-order valence-electron chi connectivity index (χ4n) is 2.40. The van der Waals surface area contributed by atoms with E-state index in [0.29, 0.717) is 24.4 Å². The lowest BCUT2D eigenvalue weighted by Gasteiger charge is -2.17. The van der Waals surface area contributed by atoms with Crippen LogP contribution in [0.5, 0.6) is 0 Å². The zero-order chi connectivity index (χ0) is 16.7. The third-order valence-electron chi connectivity index (χ3n) is 3.63. The molecular formula is C16H19N3O4. The van der Waals surface area contributed by atoms with Crippen molar-refractivity contribution in [2.75, 3.05) is 18.5 Å². The number of nitrogens with one attached hydrogen (secondary N) is 2. The number of carbonyl (C=O) groups excluding carboxylic acids is 1. The summed E-state index contributed by atoms with van der Waals surface area (Å²) < 4.78 is 5.42. The van der Waals surface area contributed by atoms with E-state index >= 15 is 0 Å². The molecule has 0 aliphatic carbocycles. The Kier molecular flexibility index (Phi) is 6.09. The third-order valence-corrected chi connectivity index (χ3v) is 3.63. The number of ether oxygens (including phenoxy) is 1. The highest BCUT2D eigenvalue weighted by Crippen LogP contribution is 2.14. The maximum atomic E-state index is 12.0. The van der Waals surface area contributed by atoms with E-state index in [0.717, 1.165) is 12.8 Å². The van der Waals surface area contributed by atoms with Crippen molar-refractivity contribution < 1.29 is 19.4 Å². The minimum absolute atomic E-state index is 0.000717. The molecular weight excluding hydrogens is 298 g/mol. The molecule has 0 radical (unpaired) electrons. The lowest BCUT2D eigenvalue weighted by molar-refractivity contribution is -0.141. The summed E-state index contributed by atoms with van der Waals surface area (Å²) in [6.45, 7) is 1.09. The zero-order valence-electron chi connectivity index (χ0n) is 12.6. The van der Waals surface area contributed by atoms with E-state index in [-0.39, 0.29) is 12.5 Å². The Bertz CT molecular complexity index is 606. The van der Waals surface area contributed by atoms with Crippen molar-refractivity contribution in [2.24, 2.45) is 0 Å². The van der Waals surface area contributed by atoms with Gasteiger partial charge in [0, 0.05) is 13.2 Å². The molecule has 0 bridgehead atoms. The van der Waals surface area contributed by atoms with Crippen molar-refractivity contribution in [1.29, 1.82) is 5.26 Å². The van der Waals surface area contributed by atoms with Crippen LogP contribution >= 0.6 is 0 Å². The first kappa shape index (κ1) is 16.9. The molecule has 1 aromatic rings. The molecule has 1 amide bonds. The van der Waals surface area contributed by atoms with Crippen LogP contribution in [0.15, 0.2) is 24.3 Å². The molecule has 1 aliphatic rings. The van der Waals surface area contributed by atoms with Gasteiger partial charge in [0.15, 0.2) is 0 Å². The Balaban J connectivity index is 1.89. The van der Waals surface area contributed by atoms with Crippen LogP contribution in [0.4, 0.5) is 5.69 Å². The number of carboxylic acid groups (broad SMARTS) is 1. The SMILES string of the molecule is N#Cc1ccccc1NC(=O)C[C@H](NC[C@@H]1CCCO1)C(=O)O. The normalized spacial score (nSPS) is 18.1. The van der Waals surface area contributed by atoms with E-state index in [1.165, 1.54) is 0 Å². The highest BCUT2D eigenvalue weighted by Gasteiger charge is 2.24. The summed E-state index contributed by atoms with van der Waals surface area (Å²) >= 11 is 0. The molecule has 7 nitrogen and oxygen atoms in total. The van der Waals surface area contributed by atoms with E-state index in [1.807, 2.05) is 6.07 Å². The summed E-state index contributed by atoms with van der Waals surface area (Å²) in [5, 5.41) is 23.6. The molecule has 122 valence electrons. The van der Waals surface area contributed by atoms with E-state index < -0.39 is 17.9 Å². The summed E-state index contributed by atoms with van der Waals surface area (Å²) in [7, 11) is 0. The van der Waals surface area contributed by atoms with E-state index in [4.69, 9.17) is 10.00 Å². The molecule has 2 atom stereocenters. The number of amides is 1. The van der Waals surface area contributed by atoms with Crippen LogP contribution in [0.25, 0.3) is 0 Å². The van der Waals surface area contributed by atoms with Crippen LogP contribution in [0.1, 0.15) is 24.8 Å². The molecule has 1 fully saturated rings. The zero-order valence-corrected chi connectivity index (χ0v) is 12.6. The third kappa shape index (κ3) is 5.06. The number of anilines is 1. The van der Waals surface area contributed by atoms with Crippen LogP contribution in [0.2, 0.25) is 0 Å². The minimum atomic E-state index is -1.09. The van der Waals surface area contributed by atoms with Gasteiger partial charge in [-0.05, 0) is 25.0 Å². The second-order valence-electron chi connectivity index (χ2n) is 5.34. The van der Waals surface area contributed by atoms with Crippen molar-refractivity contribution in [3.63, 3.8) is 0 Å². The number of para-hydroxylation sites is 1. The molecule has 23 heavy (non-hydrogen) atoms. The van der Waals surface area contributed by atoms with Crippen LogP contribution in [-0.4, -0.2) is 42.3 Å². The first-order valence-electron chi connectivity index (χ1n) is 7.47. The first-order chi connectivity index (χ1) is 11.1. The average Bonchev–Trinajstić information content (AvgIpc) is 3.05. The molecule has 7 heteroatoms. The maximum absolute atomic E-state index is 12.0. The molecule has 1 saturated heterocycles. The number of hydrogen-bond acceptors (Lipinski definition) is 5. The number of aliphatic carboxylic acids is 1. The standard InChI is InChI=1S/C16H19N3O4/c17-9-11-4-1-2-6-13(11)19-15(20)8-14(16(21)22)18-10-12-5-3-7-23-12/h1-2,4,6,12,14,18H,3,5,7-8,10H2,(H,19,20)(H,21,22)/t12-,14-/m0/s1. The van der Waals surface area contributed by atoms with Crippen molar-refractivity contribution in [1.82, 2.24) is 5.32 Å². The lowest BCUT2D eigenvalue weighted by Crippen LogP contribution is -2.43. The van der Waals surface area contributed by atoms with Crippen LogP contribution in [0, 0.1) is 11.3 Å². The van der Waals surface area contributed by atoms with Crippen molar-refractivity contribution in [2.45, 2.75) is 31.4 Å². The summed E-state index contributed by atoms with van der Waals surface area (Å²) in [6, 6.07) is 7.56. The number of benzene rings is 1. The number of nitriles is 1. The van der Waals surface area contributed by atoms with Gasteiger partial charge in [-0.1, -0.05) is 12.1 Å². The lowest BCUT2D eigenvalue weighted by atomic mass is 10.1. The van der Waals surface area contributed by atoms with E-state index in [9.17, 15) is 14.7 Å². The van der Waals surface area contributed by atoms with Gasteiger partial charge in [-0.3, -0.25) is 9.59 Å². The van der Waals surface area contributed by atoms with Crippen molar-refractivity contribution in [3.8, 4) is 6.07 Å². The Morgan fingerprint density at radius 1 is 1.43 bits per heavy atom. The molecule has 0 unspecified atom stereocenters. The van der Waals surface area contributed by atoms with Gasteiger partial charge in [0.05, 0.1) is 23.8 Å². The van der Waals surface area contributed by atoms with Gasteiger partial charge in [0.2, 0.25) is 5.91 Å². The largest absolute Gasteiger partial charge is 0.480 e. The number of carboxylic acids is 1. The molecule has 1 heterocycles. The van der Waals surface area contributed by atoms with Gasteiger partial charge >= 0.3 is 5.97 Å². The van der Waals surface area contributed by atoms with Crippen molar-refractivity contribution in [3.05, 3.63) is 29.8 Å². The van der Waals surface area contributed by atoms with E-state index in [2.05, 4.69) is 10.6 Å². The maximum Gasteiger partial charge on any atom is 0.321 e. The quantitative estimate of drug-likeness (QED) is 0.694. The van der Waals surface area contributed by atoms with Gasteiger partial charge in [0.25, 0.3) is 0 Å². The molecule has 1 aromatic carbocycles. The van der Waals surface area contributed by atoms with Crippen LogP contribution in [-0.2, 0) is 14.3 Å². The average molecular weight is 317 g/mol. The Morgan fingerprint density at radius 2 is 2.22 bits per heavy atom. The number of hydrogen-bond donors (Lipinski definition) is 3. The van der Waals surface area contributed by atoms with Gasteiger partial charge in [-0.15, -0.1) is 0 Å². The Labute approximate surface area is 134 Å². The predicted molar refractivity (Wildman–Crippen MR) is 82.8 cm³/mol. The van der Waals surface area contributed by atoms with Gasteiger partial charge < -0.3 is 20.5 Å². The Hall–Kier alpha value is -2.43. The molecule has 0 aromatic heterocycles. The van der Waals surface area contributed by atoms with Gasteiger partial charge in [0.1, 0.15) is 12.1 Å². The fraction of sp³-hybridized carbons (Fsp3) is 0.438. The molecule has 0 saturated carbocycles. The smallest absolute Gasteiger partial charge is 0.321 e. The summed E-state index contributed by atoms with van der Waals surface area (Å²) in [5.41, 5.74) is 0.711. The van der Waals surface area contributed by atoms with Gasteiger partial charge in [-0.25, -0.2) is 0 Å².